The number of hydrogen-bond donors (Lipinski definition) is 3. The van der Waals surface area contributed by atoms with Gasteiger partial charge in [0.1, 0.15) is 0 Å². The monoisotopic (exact) mass is 251 g/mol. The van der Waals surface area contributed by atoms with Gasteiger partial charge in [0.05, 0.1) is 0 Å². The van der Waals surface area contributed by atoms with Crippen molar-refractivity contribution in [1.82, 2.24) is 10.6 Å². The lowest BCUT2D eigenvalue weighted by Gasteiger charge is -2.09. The van der Waals surface area contributed by atoms with Crippen LogP contribution in [0.25, 0.3) is 0 Å². The fourth-order valence-corrected chi connectivity index (χ4v) is 1.57. The van der Waals surface area contributed by atoms with E-state index in [1.807, 2.05) is 12.1 Å². The van der Waals surface area contributed by atoms with Gasteiger partial charge in [-0.2, -0.15) is 0 Å². The third-order valence-electron chi connectivity index (χ3n) is 2.41. The van der Waals surface area contributed by atoms with Gasteiger partial charge in [-0.25, -0.2) is 0 Å². The average molecular weight is 251 g/mol. The Bertz CT molecular complexity index is 346. The fourth-order valence-electron chi connectivity index (χ4n) is 1.45. The van der Waals surface area contributed by atoms with Crippen LogP contribution in [0.2, 0.25) is 0 Å². The minimum atomic E-state index is 0.545. The maximum absolute atomic E-state index is 5.04. The summed E-state index contributed by atoms with van der Waals surface area (Å²) in [6.07, 6.45) is 1.05. The highest BCUT2D eigenvalue weighted by Crippen LogP contribution is 2.09. The molecule has 3 nitrogen and oxygen atoms in total. The Kier molecular flexibility index (Phi) is 5.94. The van der Waals surface area contributed by atoms with Gasteiger partial charge in [0.2, 0.25) is 0 Å². The van der Waals surface area contributed by atoms with Crippen molar-refractivity contribution in [1.29, 1.82) is 0 Å². The number of anilines is 1. The molecule has 94 valence electrons. The summed E-state index contributed by atoms with van der Waals surface area (Å²) in [6, 6.07) is 8.90. The van der Waals surface area contributed by atoms with E-state index in [2.05, 4.69) is 41.9 Å². The van der Waals surface area contributed by atoms with Gasteiger partial charge in [0, 0.05) is 18.8 Å². The Balaban J connectivity index is 2.42. The SMILES string of the molecule is CNC(=S)Nc1ccc(CCNC(C)C)cc1. The maximum atomic E-state index is 5.04. The molecule has 1 rings (SSSR count). The van der Waals surface area contributed by atoms with Crippen LogP contribution in [-0.4, -0.2) is 24.7 Å². The van der Waals surface area contributed by atoms with Gasteiger partial charge < -0.3 is 16.0 Å². The van der Waals surface area contributed by atoms with E-state index in [1.165, 1.54) is 5.56 Å². The van der Waals surface area contributed by atoms with Crippen LogP contribution < -0.4 is 16.0 Å². The summed E-state index contributed by atoms with van der Waals surface area (Å²) in [6.45, 7) is 5.33. The summed E-state index contributed by atoms with van der Waals surface area (Å²) >= 11 is 5.04. The second kappa shape index (κ2) is 7.25. The highest BCUT2D eigenvalue weighted by molar-refractivity contribution is 7.80. The van der Waals surface area contributed by atoms with Crippen molar-refractivity contribution < 1.29 is 0 Å². The van der Waals surface area contributed by atoms with E-state index in [-0.39, 0.29) is 0 Å². The van der Waals surface area contributed by atoms with E-state index in [0.717, 1.165) is 18.7 Å². The molecular formula is C13H21N3S. The van der Waals surface area contributed by atoms with Crippen LogP contribution in [0.4, 0.5) is 5.69 Å². The molecule has 0 bridgehead atoms. The zero-order valence-corrected chi connectivity index (χ0v) is 11.5. The molecule has 0 spiro atoms. The number of thiocarbonyl (C=S) groups is 1. The molecule has 0 saturated heterocycles. The molecule has 0 aliphatic heterocycles. The number of hydrogen-bond acceptors (Lipinski definition) is 2. The summed E-state index contributed by atoms with van der Waals surface area (Å²) in [5.41, 5.74) is 2.35. The molecule has 17 heavy (non-hydrogen) atoms. The van der Waals surface area contributed by atoms with E-state index in [0.29, 0.717) is 11.2 Å². The van der Waals surface area contributed by atoms with Crippen LogP contribution >= 0.6 is 12.2 Å². The minimum Gasteiger partial charge on any atom is -0.366 e. The summed E-state index contributed by atoms with van der Waals surface area (Å²) < 4.78 is 0. The Morgan fingerprint density at radius 2 is 1.88 bits per heavy atom. The quantitative estimate of drug-likeness (QED) is 0.701. The molecule has 0 radical (unpaired) electrons. The lowest BCUT2D eigenvalue weighted by atomic mass is 10.1. The first-order valence-corrected chi connectivity index (χ1v) is 6.33. The summed E-state index contributed by atoms with van der Waals surface area (Å²) in [5.74, 6) is 0. The van der Waals surface area contributed by atoms with E-state index in [4.69, 9.17) is 12.2 Å². The van der Waals surface area contributed by atoms with Crippen LogP contribution in [0.5, 0.6) is 0 Å². The van der Waals surface area contributed by atoms with Crippen molar-refractivity contribution in [3.63, 3.8) is 0 Å². The number of benzene rings is 1. The molecule has 0 heterocycles. The highest BCUT2D eigenvalue weighted by atomic mass is 32.1. The molecule has 0 amide bonds. The van der Waals surface area contributed by atoms with Gasteiger partial charge in [-0.15, -0.1) is 0 Å². The van der Waals surface area contributed by atoms with Crippen LogP contribution in [-0.2, 0) is 6.42 Å². The summed E-state index contributed by atoms with van der Waals surface area (Å²) in [7, 11) is 1.81. The standard InChI is InChI=1S/C13H21N3S/c1-10(2)15-9-8-11-4-6-12(7-5-11)16-13(17)14-3/h4-7,10,15H,8-9H2,1-3H3,(H2,14,16,17). The molecule has 0 unspecified atom stereocenters. The lowest BCUT2D eigenvalue weighted by Crippen LogP contribution is -2.25. The first-order chi connectivity index (χ1) is 8.11. The first kappa shape index (κ1) is 13.9. The molecule has 0 aromatic heterocycles. The average Bonchev–Trinajstić information content (AvgIpc) is 2.31. The fraction of sp³-hybridized carbons (Fsp3) is 0.462. The lowest BCUT2D eigenvalue weighted by molar-refractivity contribution is 0.590. The largest absolute Gasteiger partial charge is 0.366 e. The zero-order chi connectivity index (χ0) is 12.7. The second-order valence-electron chi connectivity index (χ2n) is 4.26. The Hall–Kier alpha value is -1.13. The van der Waals surface area contributed by atoms with E-state index in [9.17, 15) is 0 Å². The van der Waals surface area contributed by atoms with Crippen molar-refractivity contribution >= 4 is 23.0 Å². The van der Waals surface area contributed by atoms with Crippen molar-refractivity contribution in [2.24, 2.45) is 0 Å². The van der Waals surface area contributed by atoms with E-state index >= 15 is 0 Å². The molecule has 0 aliphatic carbocycles. The minimum absolute atomic E-state index is 0.545. The number of nitrogens with one attached hydrogen (secondary N) is 3. The van der Waals surface area contributed by atoms with Crippen molar-refractivity contribution in [3.05, 3.63) is 29.8 Å². The predicted octanol–water partition coefficient (Wildman–Crippen LogP) is 2.14. The first-order valence-electron chi connectivity index (χ1n) is 5.93. The smallest absolute Gasteiger partial charge is 0.170 e. The Morgan fingerprint density at radius 3 is 2.41 bits per heavy atom. The normalized spacial score (nSPS) is 10.4. The molecular weight excluding hydrogens is 230 g/mol. The van der Waals surface area contributed by atoms with Crippen molar-refractivity contribution in [3.8, 4) is 0 Å². The van der Waals surface area contributed by atoms with Gasteiger partial charge in [-0.3, -0.25) is 0 Å². The molecule has 0 atom stereocenters. The van der Waals surface area contributed by atoms with Crippen LogP contribution in [0.1, 0.15) is 19.4 Å². The molecule has 1 aromatic carbocycles. The Morgan fingerprint density at radius 1 is 1.24 bits per heavy atom. The van der Waals surface area contributed by atoms with Crippen LogP contribution in [0.3, 0.4) is 0 Å². The third-order valence-corrected chi connectivity index (χ3v) is 2.71. The van der Waals surface area contributed by atoms with E-state index in [1.54, 1.807) is 7.05 Å². The number of rotatable bonds is 5. The van der Waals surface area contributed by atoms with Crippen LogP contribution in [0, 0.1) is 0 Å². The third kappa shape index (κ3) is 5.65. The molecule has 0 saturated carbocycles. The van der Waals surface area contributed by atoms with Crippen molar-refractivity contribution in [2.75, 3.05) is 18.9 Å². The Labute approximate surface area is 109 Å². The predicted molar refractivity (Wildman–Crippen MR) is 78.6 cm³/mol. The van der Waals surface area contributed by atoms with Gasteiger partial charge in [0.25, 0.3) is 0 Å². The maximum Gasteiger partial charge on any atom is 0.170 e. The summed E-state index contributed by atoms with van der Waals surface area (Å²) in [4.78, 5) is 0. The van der Waals surface area contributed by atoms with E-state index < -0.39 is 0 Å². The molecule has 4 heteroatoms. The van der Waals surface area contributed by atoms with Crippen molar-refractivity contribution in [2.45, 2.75) is 26.3 Å². The molecule has 0 aliphatic rings. The topological polar surface area (TPSA) is 36.1 Å². The van der Waals surface area contributed by atoms with Gasteiger partial charge in [-0.1, -0.05) is 26.0 Å². The van der Waals surface area contributed by atoms with Gasteiger partial charge >= 0.3 is 0 Å². The zero-order valence-electron chi connectivity index (χ0n) is 10.7. The highest BCUT2D eigenvalue weighted by Gasteiger charge is 1.97. The van der Waals surface area contributed by atoms with Gasteiger partial charge in [0.15, 0.2) is 5.11 Å². The molecule has 3 N–H and O–H groups in total. The van der Waals surface area contributed by atoms with Crippen LogP contribution in [0.15, 0.2) is 24.3 Å². The van der Waals surface area contributed by atoms with Gasteiger partial charge in [-0.05, 0) is 42.9 Å². The summed E-state index contributed by atoms with van der Waals surface area (Å²) in [5, 5.41) is 10.0. The molecule has 1 aromatic rings. The second-order valence-corrected chi connectivity index (χ2v) is 4.67. The molecule has 0 fully saturated rings.